The summed E-state index contributed by atoms with van der Waals surface area (Å²) >= 11 is 0. The van der Waals surface area contributed by atoms with Crippen LogP contribution in [-0.4, -0.2) is 53.8 Å². The zero-order valence-corrected chi connectivity index (χ0v) is 18.9. The number of hydrogen-bond acceptors (Lipinski definition) is 5. The van der Waals surface area contributed by atoms with Gasteiger partial charge in [-0.05, 0) is 38.2 Å². The van der Waals surface area contributed by atoms with Crippen LogP contribution in [0.4, 0.5) is 0 Å². The standard InChI is InChI=1S/C23H33N3O5/c1-14(2)11-19(25-16(4)27)22(30)24-15(3)21(29)26-18(20(28)23(5)13-31-23)12-17-9-7-6-8-10-17/h6-10,14-15,18-19H,11-13H2,1-5H3,(H,24,30)(H,25,27)(H,26,29). The van der Waals surface area contributed by atoms with Crippen LogP contribution in [0, 0.1) is 5.92 Å². The van der Waals surface area contributed by atoms with Gasteiger partial charge in [-0.15, -0.1) is 0 Å². The van der Waals surface area contributed by atoms with Gasteiger partial charge in [0.25, 0.3) is 0 Å². The van der Waals surface area contributed by atoms with E-state index in [9.17, 15) is 19.2 Å². The van der Waals surface area contributed by atoms with E-state index in [0.717, 1.165) is 5.56 Å². The minimum atomic E-state index is -0.882. The van der Waals surface area contributed by atoms with Gasteiger partial charge in [0.1, 0.15) is 17.7 Å². The number of nitrogens with one attached hydrogen (secondary N) is 3. The van der Waals surface area contributed by atoms with Crippen molar-refractivity contribution in [1.29, 1.82) is 0 Å². The predicted molar refractivity (Wildman–Crippen MR) is 116 cm³/mol. The van der Waals surface area contributed by atoms with Crippen LogP contribution in [0.15, 0.2) is 30.3 Å². The molecule has 170 valence electrons. The van der Waals surface area contributed by atoms with E-state index in [2.05, 4.69) is 16.0 Å². The summed E-state index contributed by atoms with van der Waals surface area (Å²) in [5.74, 6) is -1.24. The molecule has 3 amide bonds. The molecule has 1 aliphatic heterocycles. The van der Waals surface area contributed by atoms with Gasteiger partial charge in [-0.2, -0.15) is 0 Å². The number of rotatable bonds is 11. The Morgan fingerprint density at radius 2 is 1.58 bits per heavy atom. The Morgan fingerprint density at radius 3 is 2.10 bits per heavy atom. The second-order valence-corrected chi connectivity index (χ2v) is 8.75. The lowest BCUT2D eigenvalue weighted by Gasteiger charge is -2.24. The highest BCUT2D eigenvalue weighted by molar-refractivity contribution is 5.98. The second-order valence-electron chi connectivity index (χ2n) is 8.75. The van der Waals surface area contributed by atoms with Crippen molar-refractivity contribution >= 4 is 23.5 Å². The number of amides is 3. The van der Waals surface area contributed by atoms with Crippen molar-refractivity contribution in [2.24, 2.45) is 5.92 Å². The molecule has 1 saturated heterocycles. The summed E-state index contributed by atoms with van der Waals surface area (Å²) in [6.07, 6.45) is 0.775. The van der Waals surface area contributed by atoms with Gasteiger partial charge in [-0.3, -0.25) is 19.2 Å². The fourth-order valence-electron chi connectivity index (χ4n) is 3.30. The predicted octanol–water partition coefficient (Wildman–Crippen LogP) is 1.13. The van der Waals surface area contributed by atoms with Crippen molar-refractivity contribution < 1.29 is 23.9 Å². The molecule has 4 atom stereocenters. The summed E-state index contributed by atoms with van der Waals surface area (Å²) in [4.78, 5) is 49.7. The normalized spacial score (nSPS) is 20.3. The minimum absolute atomic E-state index is 0.180. The highest BCUT2D eigenvalue weighted by atomic mass is 16.6. The zero-order valence-electron chi connectivity index (χ0n) is 18.9. The fourth-order valence-corrected chi connectivity index (χ4v) is 3.30. The van der Waals surface area contributed by atoms with Crippen molar-refractivity contribution in [2.45, 2.75) is 71.2 Å². The van der Waals surface area contributed by atoms with Crippen LogP contribution in [0.3, 0.4) is 0 Å². The lowest BCUT2D eigenvalue weighted by molar-refractivity contribution is -0.133. The van der Waals surface area contributed by atoms with E-state index in [1.807, 2.05) is 44.2 Å². The molecule has 8 heteroatoms. The number of carbonyl (C=O) groups excluding carboxylic acids is 4. The highest BCUT2D eigenvalue weighted by Crippen LogP contribution is 2.29. The van der Waals surface area contributed by atoms with Crippen LogP contribution in [0.5, 0.6) is 0 Å². The maximum atomic E-state index is 12.9. The van der Waals surface area contributed by atoms with E-state index >= 15 is 0 Å². The van der Waals surface area contributed by atoms with Gasteiger partial charge in [0, 0.05) is 6.92 Å². The van der Waals surface area contributed by atoms with Crippen LogP contribution in [0.2, 0.25) is 0 Å². The lowest BCUT2D eigenvalue weighted by Crippen LogP contribution is -2.56. The van der Waals surface area contributed by atoms with Crippen molar-refractivity contribution in [3.63, 3.8) is 0 Å². The molecule has 31 heavy (non-hydrogen) atoms. The molecule has 1 aromatic rings. The first kappa shape index (κ1) is 24.5. The Hall–Kier alpha value is -2.74. The van der Waals surface area contributed by atoms with E-state index in [4.69, 9.17) is 4.74 Å². The van der Waals surface area contributed by atoms with Crippen LogP contribution < -0.4 is 16.0 Å². The van der Waals surface area contributed by atoms with Crippen LogP contribution in [0.1, 0.15) is 46.6 Å². The number of ketones is 1. The third-order valence-electron chi connectivity index (χ3n) is 5.17. The zero-order chi connectivity index (χ0) is 23.2. The molecule has 1 heterocycles. The first-order chi connectivity index (χ1) is 14.5. The SMILES string of the molecule is CC(=O)NC(CC(C)C)C(=O)NC(C)C(=O)NC(Cc1ccccc1)C(=O)C1(C)CO1. The van der Waals surface area contributed by atoms with Gasteiger partial charge < -0.3 is 20.7 Å². The van der Waals surface area contributed by atoms with Crippen molar-refractivity contribution in [3.05, 3.63) is 35.9 Å². The molecular formula is C23H33N3O5. The summed E-state index contributed by atoms with van der Waals surface area (Å²) in [7, 11) is 0. The molecule has 0 bridgehead atoms. The first-order valence-corrected chi connectivity index (χ1v) is 10.6. The summed E-state index contributed by atoms with van der Waals surface area (Å²) in [5.41, 5.74) is 0.0252. The summed E-state index contributed by atoms with van der Waals surface area (Å²) < 4.78 is 5.28. The number of Topliss-reactive ketones (excluding diaryl/α,β-unsaturated/α-hetero) is 1. The Balaban J connectivity index is 2.04. The molecule has 4 unspecified atom stereocenters. The number of ether oxygens (including phenoxy) is 1. The van der Waals surface area contributed by atoms with Gasteiger partial charge in [-0.1, -0.05) is 44.2 Å². The molecule has 1 aromatic carbocycles. The Labute approximate surface area is 183 Å². The second kappa shape index (κ2) is 10.5. The van der Waals surface area contributed by atoms with Crippen molar-refractivity contribution in [2.75, 3.05) is 6.61 Å². The Kier molecular flexibility index (Phi) is 8.33. The van der Waals surface area contributed by atoms with Gasteiger partial charge in [-0.25, -0.2) is 0 Å². The molecule has 0 aliphatic carbocycles. The number of epoxide rings is 1. The van der Waals surface area contributed by atoms with Crippen LogP contribution in [0.25, 0.3) is 0 Å². The van der Waals surface area contributed by atoms with Gasteiger partial charge in [0.2, 0.25) is 17.7 Å². The quantitative estimate of drug-likeness (QED) is 0.454. The monoisotopic (exact) mass is 431 g/mol. The average molecular weight is 432 g/mol. The molecule has 0 spiro atoms. The van der Waals surface area contributed by atoms with E-state index in [0.29, 0.717) is 19.4 Å². The summed E-state index contributed by atoms with van der Waals surface area (Å²) in [6, 6.07) is 7.01. The van der Waals surface area contributed by atoms with Crippen LogP contribution >= 0.6 is 0 Å². The van der Waals surface area contributed by atoms with Crippen molar-refractivity contribution in [1.82, 2.24) is 16.0 Å². The van der Waals surface area contributed by atoms with Crippen LogP contribution in [-0.2, 0) is 30.3 Å². The first-order valence-electron chi connectivity index (χ1n) is 10.6. The molecule has 0 saturated carbocycles. The third-order valence-corrected chi connectivity index (χ3v) is 5.17. The summed E-state index contributed by atoms with van der Waals surface area (Å²) in [6.45, 7) is 8.81. The number of carbonyl (C=O) groups is 4. The lowest BCUT2D eigenvalue weighted by atomic mass is 9.94. The van der Waals surface area contributed by atoms with E-state index in [1.54, 1.807) is 13.8 Å². The van der Waals surface area contributed by atoms with Gasteiger partial charge >= 0.3 is 0 Å². The fraction of sp³-hybridized carbons (Fsp3) is 0.565. The number of hydrogen-bond donors (Lipinski definition) is 3. The van der Waals surface area contributed by atoms with E-state index < -0.39 is 35.5 Å². The van der Waals surface area contributed by atoms with E-state index in [1.165, 1.54) is 6.92 Å². The van der Waals surface area contributed by atoms with E-state index in [-0.39, 0.29) is 17.6 Å². The molecular weight excluding hydrogens is 398 g/mol. The van der Waals surface area contributed by atoms with Crippen molar-refractivity contribution in [3.8, 4) is 0 Å². The highest BCUT2D eigenvalue weighted by Gasteiger charge is 2.50. The Bertz CT molecular complexity index is 805. The molecule has 0 radical (unpaired) electrons. The maximum Gasteiger partial charge on any atom is 0.243 e. The van der Waals surface area contributed by atoms with Gasteiger partial charge in [0.15, 0.2) is 5.78 Å². The summed E-state index contributed by atoms with van der Waals surface area (Å²) in [5, 5.41) is 8.03. The molecule has 2 rings (SSSR count). The minimum Gasteiger partial charge on any atom is -0.361 e. The maximum absolute atomic E-state index is 12.9. The number of benzene rings is 1. The molecule has 1 fully saturated rings. The molecule has 0 aromatic heterocycles. The molecule has 3 N–H and O–H groups in total. The Morgan fingerprint density at radius 1 is 0.968 bits per heavy atom. The third kappa shape index (κ3) is 7.47. The molecule has 1 aliphatic rings. The molecule has 8 nitrogen and oxygen atoms in total. The topological polar surface area (TPSA) is 117 Å². The smallest absolute Gasteiger partial charge is 0.243 e. The van der Waals surface area contributed by atoms with Gasteiger partial charge in [0.05, 0.1) is 12.6 Å². The average Bonchev–Trinajstić information content (AvgIpc) is 3.45. The largest absolute Gasteiger partial charge is 0.361 e.